The molecule has 2 unspecified atom stereocenters. The van der Waals surface area contributed by atoms with Gasteiger partial charge in [0.2, 0.25) is 0 Å². The molecule has 19 heteroatoms. The lowest BCUT2D eigenvalue weighted by molar-refractivity contribution is -0.161. The third-order valence-corrected chi connectivity index (χ3v) is 20.8. The molecule has 3 N–H and O–H groups in total. The van der Waals surface area contributed by atoms with Gasteiger partial charge in [0.25, 0.3) is 0 Å². The quantitative estimate of drug-likeness (QED) is 0.0222. The Labute approximate surface area is 613 Å². The minimum Gasteiger partial charge on any atom is -0.462 e. The minimum absolute atomic E-state index is 0.105. The van der Waals surface area contributed by atoms with Crippen LogP contribution in [0.4, 0.5) is 0 Å². The molecule has 100 heavy (non-hydrogen) atoms. The highest BCUT2D eigenvalue weighted by Gasteiger charge is 2.30. The number of aliphatic hydroxyl groups excluding tert-OH is 1. The summed E-state index contributed by atoms with van der Waals surface area (Å²) in [5.74, 6) is 0.171. The second-order valence-corrected chi connectivity index (χ2v) is 33.5. The van der Waals surface area contributed by atoms with E-state index in [0.717, 1.165) is 108 Å². The molecular weight excluding hydrogens is 1310 g/mol. The predicted octanol–water partition coefficient (Wildman–Crippen LogP) is 24.1. The average molecular weight is 1470 g/mol. The molecule has 594 valence electrons. The van der Waals surface area contributed by atoms with Crippen molar-refractivity contribution < 1.29 is 80.2 Å². The van der Waals surface area contributed by atoms with Crippen molar-refractivity contribution in [1.29, 1.82) is 0 Å². The van der Waals surface area contributed by atoms with E-state index >= 15 is 0 Å². The summed E-state index contributed by atoms with van der Waals surface area (Å²) in [6.45, 7) is 11.9. The molecule has 0 aliphatic carbocycles. The zero-order valence-electron chi connectivity index (χ0n) is 65.7. The van der Waals surface area contributed by atoms with Crippen LogP contribution in [0, 0.1) is 17.8 Å². The molecule has 0 aliphatic heterocycles. The molecule has 0 heterocycles. The number of phosphoric ester groups is 2. The Balaban J connectivity index is 5.22. The zero-order chi connectivity index (χ0) is 73.7. The Hall–Kier alpha value is -1.94. The molecule has 0 aromatic heterocycles. The number of phosphoric acid groups is 2. The van der Waals surface area contributed by atoms with E-state index in [4.69, 9.17) is 37.0 Å². The number of rotatable bonds is 79. The fraction of sp³-hybridized carbons (Fsp3) is 0.951. The van der Waals surface area contributed by atoms with Gasteiger partial charge in [-0.15, -0.1) is 0 Å². The van der Waals surface area contributed by atoms with Gasteiger partial charge in [-0.2, -0.15) is 0 Å². The van der Waals surface area contributed by atoms with E-state index in [-0.39, 0.29) is 25.7 Å². The Morgan fingerprint density at radius 3 is 0.680 bits per heavy atom. The van der Waals surface area contributed by atoms with Crippen LogP contribution in [0.25, 0.3) is 0 Å². The molecule has 5 atom stereocenters. The number of unbranched alkanes of at least 4 members (excludes halogenated alkanes) is 47. The van der Waals surface area contributed by atoms with Crippen LogP contribution in [-0.2, 0) is 65.4 Å². The number of esters is 4. The first kappa shape index (κ1) is 98.1. The third-order valence-electron chi connectivity index (χ3n) is 18.9. The smallest absolute Gasteiger partial charge is 0.462 e. The van der Waals surface area contributed by atoms with E-state index in [0.29, 0.717) is 25.7 Å². The van der Waals surface area contributed by atoms with Crippen LogP contribution in [0.5, 0.6) is 0 Å². The highest BCUT2D eigenvalue weighted by atomic mass is 31.2. The van der Waals surface area contributed by atoms with Crippen molar-refractivity contribution in [3.05, 3.63) is 0 Å². The number of carbonyl (C=O) groups excluding carboxylic acids is 4. The van der Waals surface area contributed by atoms with Crippen molar-refractivity contribution in [2.45, 2.75) is 439 Å². The van der Waals surface area contributed by atoms with Crippen LogP contribution < -0.4 is 0 Å². The number of ether oxygens (including phenoxy) is 4. The van der Waals surface area contributed by atoms with Crippen LogP contribution >= 0.6 is 15.6 Å². The van der Waals surface area contributed by atoms with E-state index in [1.807, 2.05) is 0 Å². The monoisotopic (exact) mass is 1470 g/mol. The van der Waals surface area contributed by atoms with Gasteiger partial charge in [0, 0.05) is 25.7 Å². The first-order valence-electron chi connectivity index (χ1n) is 41.8. The lowest BCUT2D eigenvalue weighted by Crippen LogP contribution is -2.30. The number of hydrogen-bond donors (Lipinski definition) is 3. The van der Waals surface area contributed by atoms with Gasteiger partial charge >= 0.3 is 39.5 Å². The lowest BCUT2D eigenvalue weighted by atomic mass is 10.0. The van der Waals surface area contributed by atoms with Gasteiger partial charge in [0.15, 0.2) is 12.2 Å². The summed E-state index contributed by atoms with van der Waals surface area (Å²) in [5.41, 5.74) is 0. The van der Waals surface area contributed by atoms with Crippen molar-refractivity contribution in [2.75, 3.05) is 39.6 Å². The van der Waals surface area contributed by atoms with Gasteiger partial charge in [-0.25, -0.2) is 9.13 Å². The zero-order valence-corrected chi connectivity index (χ0v) is 67.5. The van der Waals surface area contributed by atoms with Crippen molar-refractivity contribution >= 4 is 39.5 Å². The van der Waals surface area contributed by atoms with Crippen molar-refractivity contribution in [3.63, 3.8) is 0 Å². The summed E-state index contributed by atoms with van der Waals surface area (Å²) in [6.07, 6.45) is 59.8. The van der Waals surface area contributed by atoms with E-state index in [9.17, 15) is 43.2 Å². The van der Waals surface area contributed by atoms with Gasteiger partial charge < -0.3 is 33.8 Å². The summed E-state index contributed by atoms with van der Waals surface area (Å²) in [4.78, 5) is 73.0. The SMILES string of the molecule is CCCCCCCCCCCCCCCCCCC(=O)OC[C@H](COP(=O)(O)OC[C@@H](O)COP(=O)(O)OC[C@@H](COC(=O)CCCCCCCCCCC(C)C)OC(=O)CCCCCCCCCCCC(C)C)OC(=O)CCCCCCCCCCCCCCCCCCCCC(C)C. The number of hydrogen-bond acceptors (Lipinski definition) is 15. The van der Waals surface area contributed by atoms with Gasteiger partial charge in [0.05, 0.1) is 26.4 Å². The number of aliphatic hydroxyl groups is 1. The van der Waals surface area contributed by atoms with Crippen LogP contribution in [0.1, 0.15) is 421 Å². The third kappa shape index (κ3) is 74.3. The normalized spacial score (nSPS) is 14.0. The molecule has 0 amide bonds. The maximum atomic E-state index is 13.1. The molecule has 0 aromatic carbocycles. The summed E-state index contributed by atoms with van der Waals surface area (Å²) in [5, 5.41) is 10.6. The van der Waals surface area contributed by atoms with E-state index in [2.05, 4.69) is 48.5 Å². The molecule has 17 nitrogen and oxygen atoms in total. The molecule has 0 aromatic rings. The van der Waals surface area contributed by atoms with Gasteiger partial charge in [0.1, 0.15) is 19.3 Å². The summed E-state index contributed by atoms with van der Waals surface area (Å²) in [6, 6.07) is 0. The topological polar surface area (TPSA) is 237 Å². The van der Waals surface area contributed by atoms with Gasteiger partial charge in [-0.3, -0.25) is 37.3 Å². The second-order valence-electron chi connectivity index (χ2n) is 30.6. The fourth-order valence-electron chi connectivity index (χ4n) is 12.5. The van der Waals surface area contributed by atoms with Crippen LogP contribution in [-0.4, -0.2) is 96.7 Å². The summed E-state index contributed by atoms with van der Waals surface area (Å²) < 4.78 is 68.7. The molecule has 0 fully saturated rings. The van der Waals surface area contributed by atoms with Crippen LogP contribution in [0.3, 0.4) is 0 Å². The van der Waals surface area contributed by atoms with E-state index < -0.39 is 97.5 Å². The molecule has 0 rings (SSSR count). The Bertz CT molecular complexity index is 1940. The maximum absolute atomic E-state index is 13.1. The minimum atomic E-state index is -4.96. The van der Waals surface area contributed by atoms with Gasteiger partial charge in [-0.05, 0) is 43.4 Å². The molecule has 0 aliphatic rings. The van der Waals surface area contributed by atoms with E-state index in [1.54, 1.807) is 0 Å². The molecule has 0 saturated heterocycles. The molecule has 0 radical (unpaired) electrons. The van der Waals surface area contributed by atoms with Crippen molar-refractivity contribution in [1.82, 2.24) is 0 Å². The predicted molar refractivity (Wildman–Crippen MR) is 409 cm³/mol. The van der Waals surface area contributed by atoms with Gasteiger partial charge in [-0.1, -0.05) is 370 Å². The Morgan fingerprint density at radius 1 is 0.270 bits per heavy atom. The Morgan fingerprint density at radius 2 is 0.460 bits per heavy atom. The van der Waals surface area contributed by atoms with E-state index in [1.165, 1.54) is 231 Å². The van der Waals surface area contributed by atoms with Crippen molar-refractivity contribution in [3.8, 4) is 0 Å². The second kappa shape index (κ2) is 71.3. The molecule has 0 bridgehead atoms. The lowest BCUT2D eigenvalue weighted by Gasteiger charge is -2.21. The summed E-state index contributed by atoms with van der Waals surface area (Å²) >= 11 is 0. The molecule has 0 spiro atoms. The van der Waals surface area contributed by atoms with Crippen LogP contribution in [0.15, 0.2) is 0 Å². The average Bonchev–Trinajstić information content (AvgIpc) is 0.968. The molecular formula is C81H158O17P2. The highest BCUT2D eigenvalue weighted by Crippen LogP contribution is 2.45. The first-order chi connectivity index (χ1) is 48.2. The standard InChI is InChI=1S/C81H158O17P2/c1-8-9-10-11-12-13-14-15-16-22-25-28-33-41-48-55-62-78(83)91-68-76(97-80(85)64-57-50-43-34-29-26-23-20-18-17-19-21-24-27-31-38-45-52-59-72(2)3)70-95-99(87,88)93-66-75(82)67-94-100(89,90)96-71-77(69-92-79(84)63-56-49-42-37-36-40-47-54-61-74(6)7)98-81(86)65-58-51-44-35-30-32-39-46-53-60-73(4)5/h72-77,82H,8-71H2,1-7H3,(H,87,88)(H,89,90)/t75-,76-,77-/m1/s1. The largest absolute Gasteiger partial charge is 0.472 e. The van der Waals surface area contributed by atoms with Crippen LogP contribution in [0.2, 0.25) is 0 Å². The maximum Gasteiger partial charge on any atom is 0.472 e. The number of carbonyl (C=O) groups is 4. The first-order valence-corrected chi connectivity index (χ1v) is 44.8. The highest BCUT2D eigenvalue weighted by molar-refractivity contribution is 7.47. The fourth-order valence-corrected chi connectivity index (χ4v) is 14.1. The molecule has 0 saturated carbocycles. The Kier molecular flexibility index (Phi) is 69.9. The van der Waals surface area contributed by atoms with Crippen molar-refractivity contribution in [2.24, 2.45) is 17.8 Å². The summed E-state index contributed by atoms with van der Waals surface area (Å²) in [7, 11) is -9.92.